The molecule has 4 nitrogen and oxygen atoms in total. The molecule has 2 aliphatic carbocycles. The van der Waals surface area contributed by atoms with Crippen molar-refractivity contribution in [3.8, 4) is 22.6 Å². The van der Waals surface area contributed by atoms with Crippen LogP contribution in [-0.2, 0) is 5.66 Å². The smallest absolute Gasteiger partial charge is 0.225 e. The zero-order valence-corrected chi connectivity index (χ0v) is 24.1. The summed E-state index contributed by atoms with van der Waals surface area (Å²) in [6.07, 6.45) is 6.25. The second-order valence-corrected chi connectivity index (χ2v) is 13.3. The van der Waals surface area contributed by atoms with Crippen LogP contribution in [0.1, 0.15) is 36.3 Å². The van der Waals surface area contributed by atoms with Gasteiger partial charge in [-0.3, -0.25) is 0 Å². The lowest BCUT2D eigenvalue weighted by Crippen LogP contribution is -2.80. The normalized spacial score (nSPS) is 21.9. The van der Waals surface area contributed by atoms with Crippen LogP contribution in [0, 0.1) is 5.92 Å². The van der Waals surface area contributed by atoms with Gasteiger partial charge < -0.3 is 0 Å². The third-order valence-corrected chi connectivity index (χ3v) is 11.6. The lowest BCUT2D eigenvalue weighted by atomic mass is 9.85. The van der Waals surface area contributed by atoms with Crippen molar-refractivity contribution in [1.29, 1.82) is 0 Å². The van der Waals surface area contributed by atoms with E-state index in [-0.39, 0.29) is 5.66 Å². The quantitative estimate of drug-likeness (QED) is 0.181. The van der Waals surface area contributed by atoms with Gasteiger partial charge in [-0.05, 0) is 60.2 Å². The zero-order valence-electron chi connectivity index (χ0n) is 24.1. The average Bonchev–Trinajstić information content (AvgIpc) is 3.84. The maximum absolute atomic E-state index is 2.82. The standard InChI is InChI=1S/C40H28N4/c1-2-10-24(11-3-1)25-20-21-36-41(23-25)40-32-16-8-14-26(32)29-15-9-19-35(37(29)40)42-33-17-6-4-12-27(33)30-22-31-28-13-5-7-18-34(28)43(36)39(31)44(40)38(30)42/h1-7,9-13,15,17-23,26,32H,8,14,16H2/q+2. The van der Waals surface area contributed by atoms with Crippen molar-refractivity contribution in [2.24, 2.45) is 5.92 Å². The van der Waals surface area contributed by atoms with Gasteiger partial charge in [-0.15, -0.1) is 0 Å². The number of fused-ring (bicyclic) bond motifs is 11. The van der Waals surface area contributed by atoms with Gasteiger partial charge in [0.25, 0.3) is 11.5 Å². The highest BCUT2D eigenvalue weighted by molar-refractivity contribution is 6.15. The first-order valence-corrected chi connectivity index (χ1v) is 16.0. The van der Waals surface area contributed by atoms with E-state index in [9.17, 15) is 0 Å². The molecule has 3 unspecified atom stereocenters. The molecule has 206 valence electrons. The van der Waals surface area contributed by atoms with Crippen molar-refractivity contribution in [2.75, 3.05) is 0 Å². The number of para-hydroxylation sites is 2. The minimum absolute atomic E-state index is 0.347. The van der Waals surface area contributed by atoms with Crippen molar-refractivity contribution >= 4 is 43.9 Å². The third kappa shape index (κ3) is 2.22. The lowest BCUT2D eigenvalue weighted by molar-refractivity contribution is -0.975. The van der Waals surface area contributed by atoms with Gasteiger partial charge in [0.15, 0.2) is 0 Å². The van der Waals surface area contributed by atoms with Crippen LogP contribution in [0.5, 0.6) is 0 Å². The van der Waals surface area contributed by atoms with Crippen LogP contribution in [0.2, 0.25) is 0 Å². The topological polar surface area (TPSA) is 17.6 Å². The first kappa shape index (κ1) is 22.3. The molecule has 4 heteroatoms. The molecule has 6 heterocycles. The fourth-order valence-electron chi connectivity index (χ4n) is 10.2. The van der Waals surface area contributed by atoms with Crippen molar-refractivity contribution in [1.82, 2.24) is 9.13 Å². The summed E-state index contributed by atoms with van der Waals surface area (Å²) >= 11 is 0. The molecule has 0 amide bonds. The van der Waals surface area contributed by atoms with E-state index in [0.29, 0.717) is 11.8 Å². The molecule has 0 N–H and O–H groups in total. The summed E-state index contributed by atoms with van der Waals surface area (Å²) in [5.41, 5.74) is 11.8. The number of benzene rings is 4. The molecule has 1 spiro atoms. The van der Waals surface area contributed by atoms with Gasteiger partial charge in [-0.25, -0.2) is 4.57 Å². The predicted molar refractivity (Wildman–Crippen MR) is 174 cm³/mol. The van der Waals surface area contributed by atoms with E-state index in [1.807, 2.05) is 0 Å². The monoisotopic (exact) mass is 564 g/mol. The van der Waals surface area contributed by atoms with Crippen LogP contribution in [0.15, 0.2) is 121 Å². The number of aromatic nitrogens is 4. The Morgan fingerprint density at radius 2 is 1.34 bits per heavy atom. The molecule has 0 saturated heterocycles. The minimum Gasteiger partial charge on any atom is -0.225 e. The Hall–Kier alpha value is -5.22. The van der Waals surface area contributed by atoms with Gasteiger partial charge in [0.05, 0.1) is 16.3 Å². The molecule has 44 heavy (non-hydrogen) atoms. The number of rotatable bonds is 1. The molecule has 4 aromatic carbocycles. The molecule has 1 saturated carbocycles. The SMILES string of the molecule is c1ccc(-c2ccc3[n+](c2)C24c5c(cccc5-n5c6ccccc6c6cc7c8ccccc8n-3c7[n+]2c65)C2CCCC24)cc1. The molecule has 2 aliphatic heterocycles. The Morgan fingerprint density at radius 3 is 2.16 bits per heavy atom. The maximum atomic E-state index is 2.82. The predicted octanol–water partition coefficient (Wildman–Crippen LogP) is 7.90. The van der Waals surface area contributed by atoms with Crippen LogP contribution in [0.25, 0.3) is 66.5 Å². The van der Waals surface area contributed by atoms with Gasteiger partial charge in [-0.1, -0.05) is 85.3 Å². The Bertz CT molecular complexity index is 2600. The summed E-state index contributed by atoms with van der Waals surface area (Å²) < 4.78 is 10.7. The Balaban J connectivity index is 1.41. The van der Waals surface area contributed by atoms with Crippen LogP contribution in [0.4, 0.5) is 0 Å². The summed E-state index contributed by atoms with van der Waals surface area (Å²) in [4.78, 5) is 0. The molecular formula is C40H28N4+2. The second kappa shape index (κ2) is 7.28. The number of hydrogen-bond acceptors (Lipinski definition) is 0. The fraction of sp³-hybridized carbons (Fsp3) is 0.150. The van der Waals surface area contributed by atoms with Crippen molar-refractivity contribution in [3.05, 3.63) is 133 Å². The van der Waals surface area contributed by atoms with Crippen molar-refractivity contribution < 1.29 is 9.13 Å². The summed E-state index contributed by atoms with van der Waals surface area (Å²) in [5.74, 6) is 2.29. The number of hydrogen-bond donors (Lipinski definition) is 0. The maximum Gasteiger partial charge on any atom is 0.267 e. The van der Waals surface area contributed by atoms with E-state index in [1.54, 1.807) is 5.56 Å². The van der Waals surface area contributed by atoms with Gasteiger partial charge in [0.1, 0.15) is 22.9 Å². The first-order chi connectivity index (χ1) is 21.9. The molecule has 8 aromatic rings. The van der Waals surface area contributed by atoms with Crippen molar-refractivity contribution in [2.45, 2.75) is 30.8 Å². The highest BCUT2D eigenvalue weighted by Crippen LogP contribution is 2.60. The Morgan fingerprint density at radius 1 is 0.614 bits per heavy atom. The molecule has 1 fully saturated rings. The number of pyridine rings is 2. The van der Waals surface area contributed by atoms with Crippen LogP contribution >= 0.6 is 0 Å². The van der Waals surface area contributed by atoms with E-state index < -0.39 is 0 Å². The molecule has 3 atom stereocenters. The number of nitrogens with zero attached hydrogens (tertiary/aromatic N) is 4. The summed E-state index contributed by atoms with van der Waals surface area (Å²) in [7, 11) is 0. The highest BCUT2D eigenvalue weighted by atomic mass is 15.4. The van der Waals surface area contributed by atoms with Gasteiger partial charge in [-0.2, -0.15) is 13.7 Å². The van der Waals surface area contributed by atoms with Gasteiger partial charge in [0.2, 0.25) is 11.3 Å². The van der Waals surface area contributed by atoms with E-state index in [1.165, 1.54) is 91.3 Å². The fourth-order valence-corrected chi connectivity index (χ4v) is 10.2. The third-order valence-electron chi connectivity index (χ3n) is 11.6. The summed E-state index contributed by atoms with van der Waals surface area (Å²) in [5, 5.41) is 5.34. The second-order valence-electron chi connectivity index (χ2n) is 13.3. The van der Waals surface area contributed by atoms with Crippen LogP contribution in [-0.4, -0.2) is 9.13 Å². The highest BCUT2D eigenvalue weighted by Gasteiger charge is 2.68. The average molecular weight is 565 g/mol. The lowest BCUT2D eigenvalue weighted by Gasteiger charge is -2.40. The molecule has 4 aliphatic rings. The molecule has 4 aromatic heterocycles. The summed E-state index contributed by atoms with van der Waals surface area (Å²) in [6.45, 7) is 0. The minimum atomic E-state index is -0.347. The molecule has 0 radical (unpaired) electrons. The van der Waals surface area contributed by atoms with Gasteiger partial charge in [0, 0.05) is 28.3 Å². The van der Waals surface area contributed by atoms with E-state index in [2.05, 4.69) is 140 Å². The largest absolute Gasteiger partial charge is 0.267 e. The molecule has 12 rings (SSSR count). The van der Waals surface area contributed by atoms with Crippen molar-refractivity contribution in [3.63, 3.8) is 0 Å². The van der Waals surface area contributed by atoms with E-state index in [4.69, 9.17) is 0 Å². The summed E-state index contributed by atoms with van der Waals surface area (Å²) in [6, 6.07) is 43.4. The van der Waals surface area contributed by atoms with Crippen LogP contribution in [0.3, 0.4) is 0 Å². The first-order valence-electron chi connectivity index (χ1n) is 16.0. The Kier molecular flexibility index (Phi) is 3.70. The molecule has 0 bridgehead atoms. The van der Waals surface area contributed by atoms with E-state index in [0.717, 1.165) is 0 Å². The van der Waals surface area contributed by atoms with Gasteiger partial charge >= 0.3 is 0 Å². The zero-order chi connectivity index (χ0) is 28.3. The Labute approximate surface area is 253 Å². The molecular weight excluding hydrogens is 536 g/mol. The van der Waals surface area contributed by atoms with E-state index >= 15 is 0 Å². The van der Waals surface area contributed by atoms with Crippen LogP contribution < -0.4 is 9.13 Å².